The number of hydrogen-bond acceptors (Lipinski definition) is 5. The van der Waals surface area contributed by atoms with Crippen molar-refractivity contribution in [1.29, 1.82) is 0 Å². The molecule has 106 valence electrons. The van der Waals surface area contributed by atoms with Crippen molar-refractivity contribution in [2.75, 3.05) is 11.9 Å². The van der Waals surface area contributed by atoms with E-state index in [9.17, 15) is 0 Å². The van der Waals surface area contributed by atoms with E-state index in [0.717, 1.165) is 16.8 Å². The van der Waals surface area contributed by atoms with Gasteiger partial charge in [-0.3, -0.25) is 0 Å². The minimum atomic E-state index is 0.0449. The van der Waals surface area contributed by atoms with Gasteiger partial charge in [0, 0.05) is 18.3 Å². The molecule has 0 amide bonds. The molecule has 1 aromatic carbocycles. The second kappa shape index (κ2) is 6.86. The fourth-order valence-electron chi connectivity index (χ4n) is 1.86. The monoisotopic (exact) mass is 273 g/mol. The van der Waals surface area contributed by atoms with Crippen LogP contribution in [0.4, 0.5) is 5.95 Å². The average Bonchev–Trinajstić information content (AvgIpc) is 2.45. The van der Waals surface area contributed by atoms with Crippen LogP contribution < -0.4 is 10.1 Å². The van der Waals surface area contributed by atoms with Crippen molar-refractivity contribution in [3.05, 3.63) is 47.2 Å². The molecular weight excluding hydrogens is 254 g/mol. The highest BCUT2D eigenvalue weighted by molar-refractivity contribution is 5.33. The number of aryl methyl sites for hydroxylation is 1. The topological polar surface area (TPSA) is 67.3 Å². The Morgan fingerprint density at radius 1 is 1.20 bits per heavy atom. The molecule has 20 heavy (non-hydrogen) atoms. The van der Waals surface area contributed by atoms with Gasteiger partial charge in [0.05, 0.1) is 13.2 Å². The van der Waals surface area contributed by atoms with E-state index in [2.05, 4.69) is 15.3 Å². The Morgan fingerprint density at radius 3 is 2.75 bits per heavy atom. The van der Waals surface area contributed by atoms with Crippen molar-refractivity contribution in [2.24, 2.45) is 0 Å². The third-order valence-electron chi connectivity index (χ3n) is 2.75. The molecule has 2 aromatic rings. The van der Waals surface area contributed by atoms with Crippen LogP contribution in [0.1, 0.15) is 23.7 Å². The lowest BCUT2D eigenvalue weighted by Gasteiger charge is -2.09. The molecule has 2 N–H and O–H groups in total. The molecule has 0 aliphatic heterocycles. The number of nitrogens with one attached hydrogen (secondary N) is 1. The van der Waals surface area contributed by atoms with Crippen molar-refractivity contribution >= 4 is 5.95 Å². The van der Waals surface area contributed by atoms with Crippen molar-refractivity contribution in [3.63, 3.8) is 0 Å². The Balaban J connectivity index is 2.06. The van der Waals surface area contributed by atoms with Crippen LogP contribution in [-0.4, -0.2) is 21.7 Å². The molecule has 1 heterocycles. The summed E-state index contributed by atoms with van der Waals surface area (Å²) in [6.45, 7) is 5.05. The molecule has 0 fully saturated rings. The van der Waals surface area contributed by atoms with E-state index in [1.807, 2.05) is 38.1 Å². The van der Waals surface area contributed by atoms with E-state index in [-0.39, 0.29) is 6.61 Å². The highest BCUT2D eigenvalue weighted by Crippen LogP contribution is 2.13. The first-order valence-electron chi connectivity index (χ1n) is 6.62. The van der Waals surface area contributed by atoms with Crippen LogP contribution in [0, 0.1) is 6.92 Å². The predicted octanol–water partition coefficient (Wildman–Crippen LogP) is 2.29. The Kier molecular flexibility index (Phi) is 4.90. The zero-order chi connectivity index (χ0) is 14.4. The molecule has 0 aliphatic rings. The van der Waals surface area contributed by atoms with Crippen LogP contribution >= 0.6 is 0 Å². The van der Waals surface area contributed by atoms with Crippen molar-refractivity contribution in [3.8, 4) is 5.88 Å². The standard InChI is InChI=1S/C15H19N3O2/c1-3-20-14-7-11(2)17-15(18-14)16-9-12-5-4-6-13(8-12)10-19/h4-8,19H,3,9-10H2,1-2H3,(H,16,17,18). The van der Waals surface area contributed by atoms with Gasteiger partial charge >= 0.3 is 0 Å². The summed E-state index contributed by atoms with van der Waals surface area (Å²) in [6, 6.07) is 9.56. The molecule has 0 saturated heterocycles. The summed E-state index contributed by atoms with van der Waals surface area (Å²) in [5.74, 6) is 1.12. The molecule has 2 rings (SSSR count). The van der Waals surface area contributed by atoms with E-state index in [1.54, 1.807) is 6.07 Å². The maximum atomic E-state index is 9.12. The first kappa shape index (κ1) is 14.3. The summed E-state index contributed by atoms with van der Waals surface area (Å²) in [4.78, 5) is 8.61. The van der Waals surface area contributed by atoms with Gasteiger partial charge in [0.15, 0.2) is 0 Å². The highest BCUT2D eigenvalue weighted by atomic mass is 16.5. The number of nitrogens with zero attached hydrogens (tertiary/aromatic N) is 2. The number of aliphatic hydroxyl groups excluding tert-OH is 1. The van der Waals surface area contributed by atoms with Gasteiger partial charge in [0.25, 0.3) is 0 Å². The number of aromatic nitrogens is 2. The van der Waals surface area contributed by atoms with E-state index in [0.29, 0.717) is 25.0 Å². The number of benzene rings is 1. The summed E-state index contributed by atoms with van der Waals surface area (Å²) in [6.07, 6.45) is 0. The molecule has 0 saturated carbocycles. The largest absolute Gasteiger partial charge is 0.478 e. The number of hydrogen-bond donors (Lipinski definition) is 2. The molecule has 0 atom stereocenters. The first-order chi connectivity index (χ1) is 9.71. The maximum absolute atomic E-state index is 9.12. The maximum Gasteiger partial charge on any atom is 0.226 e. The van der Waals surface area contributed by atoms with E-state index in [1.165, 1.54) is 0 Å². The van der Waals surface area contributed by atoms with E-state index in [4.69, 9.17) is 9.84 Å². The lowest BCUT2D eigenvalue weighted by atomic mass is 10.1. The Hall–Kier alpha value is -2.14. The molecule has 0 radical (unpaired) electrons. The van der Waals surface area contributed by atoms with Gasteiger partial charge in [-0.25, -0.2) is 4.98 Å². The van der Waals surface area contributed by atoms with Gasteiger partial charge in [-0.1, -0.05) is 24.3 Å². The van der Waals surface area contributed by atoms with Crippen LogP contribution in [0.3, 0.4) is 0 Å². The van der Waals surface area contributed by atoms with E-state index < -0.39 is 0 Å². The fraction of sp³-hybridized carbons (Fsp3) is 0.333. The minimum absolute atomic E-state index is 0.0449. The number of aliphatic hydroxyl groups is 1. The summed E-state index contributed by atoms with van der Waals surface area (Å²) in [5.41, 5.74) is 2.82. The minimum Gasteiger partial charge on any atom is -0.478 e. The first-order valence-corrected chi connectivity index (χ1v) is 6.62. The Morgan fingerprint density at radius 2 is 2.00 bits per heavy atom. The quantitative estimate of drug-likeness (QED) is 0.845. The van der Waals surface area contributed by atoms with Gasteiger partial charge in [-0.2, -0.15) is 4.98 Å². The van der Waals surface area contributed by atoms with Crippen LogP contribution in [0.15, 0.2) is 30.3 Å². The predicted molar refractivity (Wildman–Crippen MR) is 77.6 cm³/mol. The van der Waals surface area contributed by atoms with Crippen molar-refractivity contribution in [1.82, 2.24) is 9.97 Å². The Bertz CT molecular complexity index is 573. The third kappa shape index (κ3) is 3.93. The number of rotatable bonds is 6. The van der Waals surface area contributed by atoms with Gasteiger partial charge in [-0.05, 0) is 25.0 Å². The fourth-order valence-corrected chi connectivity index (χ4v) is 1.86. The molecule has 5 nitrogen and oxygen atoms in total. The van der Waals surface area contributed by atoms with Crippen molar-refractivity contribution < 1.29 is 9.84 Å². The van der Waals surface area contributed by atoms with Crippen LogP contribution in [0.25, 0.3) is 0 Å². The van der Waals surface area contributed by atoms with Gasteiger partial charge in [0.1, 0.15) is 0 Å². The van der Waals surface area contributed by atoms with E-state index >= 15 is 0 Å². The Labute approximate surface area is 118 Å². The average molecular weight is 273 g/mol. The van der Waals surface area contributed by atoms with Crippen LogP contribution in [0.5, 0.6) is 5.88 Å². The molecule has 1 aromatic heterocycles. The molecule has 0 bridgehead atoms. The second-order valence-corrected chi connectivity index (χ2v) is 4.44. The lowest BCUT2D eigenvalue weighted by Crippen LogP contribution is -2.06. The molecule has 0 aliphatic carbocycles. The summed E-state index contributed by atoms with van der Waals surface area (Å²) in [5, 5.41) is 12.3. The van der Waals surface area contributed by atoms with Crippen LogP contribution in [-0.2, 0) is 13.2 Å². The van der Waals surface area contributed by atoms with Crippen molar-refractivity contribution in [2.45, 2.75) is 27.0 Å². The molecule has 0 spiro atoms. The zero-order valence-electron chi connectivity index (χ0n) is 11.8. The lowest BCUT2D eigenvalue weighted by molar-refractivity contribution is 0.281. The van der Waals surface area contributed by atoms with Gasteiger partial charge in [-0.15, -0.1) is 0 Å². The zero-order valence-corrected chi connectivity index (χ0v) is 11.8. The molecule has 0 unspecified atom stereocenters. The molecular formula is C15H19N3O2. The smallest absolute Gasteiger partial charge is 0.226 e. The van der Waals surface area contributed by atoms with Gasteiger partial charge in [0.2, 0.25) is 11.8 Å². The summed E-state index contributed by atoms with van der Waals surface area (Å²) in [7, 11) is 0. The summed E-state index contributed by atoms with van der Waals surface area (Å²) >= 11 is 0. The third-order valence-corrected chi connectivity index (χ3v) is 2.75. The highest BCUT2D eigenvalue weighted by Gasteiger charge is 2.03. The summed E-state index contributed by atoms with van der Waals surface area (Å²) < 4.78 is 5.39. The second-order valence-electron chi connectivity index (χ2n) is 4.44. The normalized spacial score (nSPS) is 10.3. The molecule has 5 heteroatoms. The number of ether oxygens (including phenoxy) is 1. The van der Waals surface area contributed by atoms with Gasteiger partial charge < -0.3 is 15.2 Å². The SMILES string of the molecule is CCOc1cc(C)nc(NCc2cccc(CO)c2)n1. The van der Waals surface area contributed by atoms with Crippen LogP contribution in [0.2, 0.25) is 0 Å². The number of anilines is 1.